The predicted molar refractivity (Wildman–Crippen MR) is 96.4 cm³/mol. The number of benzene rings is 1. The van der Waals surface area contributed by atoms with Gasteiger partial charge in [0.05, 0.1) is 6.10 Å². The third kappa shape index (κ3) is 3.44. The highest BCUT2D eigenvalue weighted by atomic mass is 16.5. The molecule has 2 atom stereocenters. The molecule has 1 aromatic carbocycles. The van der Waals surface area contributed by atoms with E-state index in [9.17, 15) is 0 Å². The van der Waals surface area contributed by atoms with Crippen molar-refractivity contribution in [3.8, 4) is 28.5 Å². The largest absolute Gasteiger partial charge is 0.488 e. The van der Waals surface area contributed by atoms with E-state index < -0.39 is 0 Å². The van der Waals surface area contributed by atoms with Crippen LogP contribution in [0.25, 0.3) is 22.8 Å². The second-order valence-corrected chi connectivity index (χ2v) is 6.27. The molecule has 2 heterocycles. The summed E-state index contributed by atoms with van der Waals surface area (Å²) in [5, 5.41) is 0. The molecule has 3 aromatic rings. The maximum absolute atomic E-state index is 6.15. The number of pyridine rings is 1. The topological polar surface area (TPSA) is 44.5 Å². The Morgan fingerprint density at radius 3 is 2.68 bits per heavy atom. The minimum atomic E-state index is 0.126. The molecule has 0 bridgehead atoms. The van der Waals surface area contributed by atoms with Crippen LogP contribution in [0.5, 0.6) is 5.75 Å². The lowest BCUT2D eigenvalue weighted by atomic mass is 10.1. The molecule has 25 heavy (non-hydrogen) atoms. The predicted octanol–water partition coefficient (Wildman–Crippen LogP) is 4.95. The van der Waals surface area contributed by atoms with E-state index in [-0.39, 0.29) is 12.2 Å². The molecule has 1 aliphatic carbocycles. The number of furan rings is 1. The van der Waals surface area contributed by atoms with E-state index in [2.05, 4.69) is 4.98 Å². The van der Waals surface area contributed by atoms with E-state index in [1.165, 1.54) is 0 Å². The van der Waals surface area contributed by atoms with Crippen molar-refractivity contribution < 1.29 is 13.9 Å². The highest BCUT2D eigenvalue weighted by Crippen LogP contribution is 2.31. The molecule has 2 unspecified atom stereocenters. The lowest BCUT2D eigenvalue weighted by Crippen LogP contribution is -2.27. The molecule has 0 radical (unpaired) electrons. The minimum Gasteiger partial charge on any atom is -0.488 e. The standard InChI is InChI=1S/C21H21NO3/c1-23-20-9-5-10-21(20)24-16-7-4-6-15(14-16)18-11-12-19(25-18)17-8-2-3-13-22-17/h2-4,6-8,11-14,20-21H,5,9-10H2,1H3. The zero-order valence-electron chi connectivity index (χ0n) is 14.2. The van der Waals surface area contributed by atoms with Crippen molar-refractivity contribution in [1.82, 2.24) is 4.98 Å². The van der Waals surface area contributed by atoms with Crippen molar-refractivity contribution in [2.45, 2.75) is 31.5 Å². The third-order valence-corrected chi connectivity index (χ3v) is 4.62. The average Bonchev–Trinajstić information content (AvgIpc) is 3.32. The summed E-state index contributed by atoms with van der Waals surface area (Å²) in [5.74, 6) is 2.42. The monoisotopic (exact) mass is 335 g/mol. The van der Waals surface area contributed by atoms with Gasteiger partial charge in [-0.15, -0.1) is 0 Å². The normalized spacial score (nSPS) is 19.9. The van der Waals surface area contributed by atoms with Gasteiger partial charge in [0, 0.05) is 18.9 Å². The first-order valence-electron chi connectivity index (χ1n) is 8.64. The number of aromatic nitrogens is 1. The molecule has 1 aliphatic rings. The number of methoxy groups -OCH3 is 1. The first-order valence-corrected chi connectivity index (χ1v) is 8.64. The smallest absolute Gasteiger partial charge is 0.153 e. The Labute approximate surface area is 147 Å². The Morgan fingerprint density at radius 2 is 1.84 bits per heavy atom. The summed E-state index contributed by atoms with van der Waals surface area (Å²) in [7, 11) is 1.75. The highest BCUT2D eigenvalue weighted by Gasteiger charge is 2.28. The van der Waals surface area contributed by atoms with E-state index in [4.69, 9.17) is 13.9 Å². The fourth-order valence-electron chi connectivity index (χ4n) is 3.33. The summed E-state index contributed by atoms with van der Waals surface area (Å²) in [6.07, 6.45) is 5.32. The Kier molecular flexibility index (Phi) is 4.53. The number of nitrogens with zero attached hydrogens (tertiary/aromatic N) is 1. The van der Waals surface area contributed by atoms with Crippen molar-refractivity contribution in [2.24, 2.45) is 0 Å². The molecule has 1 saturated carbocycles. The molecule has 0 N–H and O–H groups in total. The van der Waals surface area contributed by atoms with Crippen LogP contribution in [0.4, 0.5) is 0 Å². The summed E-state index contributed by atoms with van der Waals surface area (Å²) in [6.45, 7) is 0. The van der Waals surface area contributed by atoms with Gasteiger partial charge in [0.15, 0.2) is 5.76 Å². The molecule has 0 aliphatic heterocycles. The van der Waals surface area contributed by atoms with Gasteiger partial charge in [0.1, 0.15) is 23.3 Å². The van der Waals surface area contributed by atoms with Crippen molar-refractivity contribution >= 4 is 0 Å². The van der Waals surface area contributed by atoms with E-state index in [0.29, 0.717) is 0 Å². The summed E-state index contributed by atoms with van der Waals surface area (Å²) < 4.78 is 17.6. The number of rotatable bonds is 5. The molecule has 2 aromatic heterocycles. The average molecular weight is 335 g/mol. The third-order valence-electron chi connectivity index (χ3n) is 4.62. The molecule has 1 fully saturated rings. The maximum atomic E-state index is 6.15. The molecular weight excluding hydrogens is 314 g/mol. The van der Waals surface area contributed by atoms with E-state index >= 15 is 0 Å². The van der Waals surface area contributed by atoms with Gasteiger partial charge in [-0.2, -0.15) is 0 Å². The van der Waals surface area contributed by atoms with Crippen molar-refractivity contribution in [1.29, 1.82) is 0 Å². The highest BCUT2D eigenvalue weighted by molar-refractivity contribution is 5.64. The number of hydrogen-bond donors (Lipinski definition) is 0. The van der Waals surface area contributed by atoms with Crippen molar-refractivity contribution in [3.05, 3.63) is 60.8 Å². The molecule has 128 valence electrons. The second kappa shape index (κ2) is 7.11. The van der Waals surface area contributed by atoms with Crippen LogP contribution in [0.3, 0.4) is 0 Å². The van der Waals surface area contributed by atoms with Crippen LogP contribution in [0.2, 0.25) is 0 Å². The van der Waals surface area contributed by atoms with E-state index in [1.807, 2.05) is 54.6 Å². The molecule has 4 heteroatoms. The molecule has 0 spiro atoms. The molecule has 0 amide bonds. The van der Waals surface area contributed by atoms with E-state index in [0.717, 1.165) is 47.8 Å². The summed E-state index contributed by atoms with van der Waals surface area (Å²) >= 11 is 0. The van der Waals surface area contributed by atoms with Crippen LogP contribution in [0.1, 0.15) is 19.3 Å². The van der Waals surface area contributed by atoms with E-state index in [1.54, 1.807) is 13.3 Å². The Balaban J connectivity index is 1.55. The Bertz CT molecular complexity index is 828. The van der Waals surface area contributed by atoms with Gasteiger partial charge in [-0.05, 0) is 55.7 Å². The van der Waals surface area contributed by atoms with Crippen LogP contribution in [0, 0.1) is 0 Å². The minimum absolute atomic E-state index is 0.126. The van der Waals surface area contributed by atoms with Crippen molar-refractivity contribution in [3.63, 3.8) is 0 Å². The molecular formula is C21H21NO3. The lowest BCUT2D eigenvalue weighted by Gasteiger charge is -2.20. The SMILES string of the molecule is COC1CCCC1Oc1cccc(-c2ccc(-c3ccccn3)o2)c1. The fraction of sp³-hybridized carbons (Fsp3) is 0.286. The molecule has 4 rings (SSSR count). The molecule has 4 nitrogen and oxygen atoms in total. The van der Waals surface area contributed by atoms with Crippen LogP contribution < -0.4 is 4.74 Å². The zero-order chi connectivity index (χ0) is 17.1. The quantitative estimate of drug-likeness (QED) is 0.661. The van der Waals surface area contributed by atoms with Crippen LogP contribution >= 0.6 is 0 Å². The van der Waals surface area contributed by atoms with Gasteiger partial charge in [-0.1, -0.05) is 18.2 Å². The van der Waals surface area contributed by atoms with Gasteiger partial charge < -0.3 is 13.9 Å². The summed E-state index contributed by atoms with van der Waals surface area (Å²) in [5.41, 5.74) is 1.82. The first kappa shape index (κ1) is 15.9. The summed E-state index contributed by atoms with van der Waals surface area (Å²) in [4.78, 5) is 4.33. The Morgan fingerprint density at radius 1 is 0.960 bits per heavy atom. The van der Waals surface area contributed by atoms with Gasteiger partial charge in [0.25, 0.3) is 0 Å². The zero-order valence-corrected chi connectivity index (χ0v) is 14.2. The molecule has 0 saturated heterocycles. The Hall–Kier alpha value is -2.59. The first-order chi connectivity index (χ1) is 12.3. The van der Waals surface area contributed by atoms with Crippen LogP contribution in [0.15, 0.2) is 65.2 Å². The number of hydrogen-bond acceptors (Lipinski definition) is 4. The lowest BCUT2D eigenvalue weighted by molar-refractivity contribution is 0.0229. The van der Waals surface area contributed by atoms with Gasteiger partial charge in [-0.25, -0.2) is 0 Å². The van der Waals surface area contributed by atoms with Crippen LogP contribution in [-0.4, -0.2) is 24.3 Å². The maximum Gasteiger partial charge on any atom is 0.153 e. The fourth-order valence-corrected chi connectivity index (χ4v) is 3.33. The van der Waals surface area contributed by atoms with Gasteiger partial charge in [-0.3, -0.25) is 4.98 Å². The van der Waals surface area contributed by atoms with Crippen molar-refractivity contribution in [2.75, 3.05) is 7.11 Å². The summed E-state index contributed by atoms with van der Waals surface area (Å²) in [6, 6.07) is 17.7. The van der Waals surface area contributed by atoms with Gasteiger partial charge >= 0.3 is 0 Å². The van der Waals surface area contributed by atoms with Gasteiger partial charge in [0.2, 0.25) is 0 Å². The second-order valence-electron chi connectivity index (χ2n) is 6.27. The van der Waals surface area contributed by atoms with Crippen LogP contribution in [-0.2, 0) is 4.74 Å². The number of ether oxygens (including phenoxy) is 2.